The van der Waals surface area contributed by atoms with Crippen molar-refractivity contribution in [3.63, 3.8) is 0 Å². The van der Waals surface area contributed by atoms with Gasteiger partial charge in [0.1, 0.15) is 5.82 Å². The fourth-order valence-electron chi connectivity index (χ4n) is 0.694. The molecule has 0 aromatic carbocycles. The van der Waals surface area contributed by atoms with Crippen LogP contribution in [0, 0.1) is 5.41 Å². The zero-order valence-electron chi connectivity index (χ0n) is 6.21. The van der Waals surface area contributed by atoms with Gasteiger partial charge in [-0.1, -0.05) is 0 Å². The molecule has 0 radical (unpaired) electrons. The SMILES string of the molecule is N=C(Br)/C=C\c1ncc(CO)[nH]1. The smallest absolute Gasteiger partial charge is 0.130 e. The van der Waals surface area contributed by atoms with Crippen LogP contribution >= 0.6 is 15.9 Å². The summed E-state index contributed by atoms with van der Waals surface area (Å²) >= 11 is 2.96. The monoisotopic (exact) mass is 229 g/mol. The second-order valence-electron chi connectivity index (χ2n) is 2.13. The van der Waals surface area contributed by atoms with Gasteiger partial charge in [0.05, 0.1) is 23.1 Å². The molecule has 0 bridgehead atoms. The molecule has 0 saturated heterocycles. The van der Waals surface area contributed by atoms with Crippen molar-refractivity contribution in [2.24, 2.45) is 0 Å². The van der Waals surface area contributed by atoms with Crippen LogP contribution in [0.4, 0.5) is 0 Å². The number of allylic oxidation sites excluding steroid dienone is 1. The highest BCUT2D eigenvalue weighted by Gasteiger charge is 1.94. The first-order valence-corrected chi connectivity index (χ1v) is 4.08. The molecule has 3 N–H and O–H groups in total. The Morgan fingerprint density at radius 2 is 2.58 bits per heavy atom. The van der Waals surface area contributed by atoms with Crippen LogP contribution in [-0.4, -0.2) is 19.7 Å². The maximum absolute atomic E-state index is 8.68. The molecule has 1 rings (SSSR count). The molecule has 1 aromatic heterocycles. The topological polar surface area (TPSA) is 72.8 Å². The minimum absolute atomic E-state index is 0.0490. The first-order valence-electron chi connectivity index (χ1n) is 3.29. The maximum atomic E-state index is 8.68. The number of H-pyrrole nitrogens is 1. The Labute approximate surface area is 78.0 Å². The van der Waals surface area contributed by atoms with Gasteiger partial charge in [0.25, 0.3) is 0 Å². The second-order valence-corrected chi connectivity index (χ2v) is 2.99. The van der Waals surface area contributed by atoms with E-state index in [-0.39, 0.29) is 11.2 Å². The van der Waals surface area contributed by atoms with Crippen molar-refractivity contribution in [1.29, 1.82) is 5.41 Å². The van der Waals surface area contributed by atoms with E-state index < -0.39 is 0 Å². The van der Waals surface area contributed by atoms with Crippen molar-refractivity contribution in [3.8, 4) is 0 Å². The van der Waals surface area contributed by atoms with Crippen molar-refractivity contribution < 1.29 is 5.11 Å². The molecule has 0 aliphatic rings. The third-order valence-electron chi connectivity index (χ3n) is 1.21. The van der Waals surface area contributed by atoms with E-state index in [9.17, 15) is 0 Å². The second kappa shape index (κ2) is 4.18. The maximum Gasteiger partial charge on any atom is 0.130 e. The molecular weight excluding hydrogens is 222 g/mol. The van der Waals surface area contributed by atoms with Crippen molar-refractivity contribution in [2.45, 2.75) is 6.61 Å². The van der Waals surface area contributed by atoms with Crippen LogP contribution < -0.4 is 0 Å². The highest BCUT2D eigenvalue weighted by Crippen LogP contribution is 2.00. The van der Waals surface area contributed by atoms with Crippen molar-refractivity contribution in [1.82, 2.24) is 9.97 Å². The van der Waals surface area contributed by atoms with Crippen LogP contribution in [0.5, 0.6) is 0 Å². The number of aromatic nitrogens is 2. The number of aromatic amines is 1. The van der Waals surface area contributed by atoms with Crippen molar-refractivity contribution in [2.75, 3.05) is 0 Å². The van der Waals surface area contributed by atoms with E-state index in [2.05, 4.69) is 25.9 Å². The number of aliphatic hydroxyl groups excluding tert-OH is 1. The Bertz CT molecular complexity index is 305. The molecule has 0 fully saturated rings. The molecule has 0 aliphatic heterocycles. The minimum atomic E-state index is -0.0490. The number of hydrogen-bond donors (Lipinski definition) is 3. The molecule has 0 saturated carbocycles. The first-order chi connectivity index (χ1) is 5.72. The van der Waals surface area contributed by atoms with Crippen LogP contribution in [0.1, 0.15) is 11.5 Å². The molecule has 64 valence electrons. The fourth-order valence-corrected chi connectivity index (χ4v) is 0.826. The average Bonchev–Trinajstić information content (AvgIpc) is 2.48. The molecule has 4 nitrogen and oxygen atoms in total. The third-order valence-corrected chi connectivity index (χ3v) is 1.47. The summed E-state index contributed by atoms with van der Waals surface area (Å²) < 4.78 is 0.282. The normalized spacial score (nSPS) is 10.8. The molecular formula is C7H8BrN3O. The Morgan fingerprint density at radius 3 is 3.08 bits per heavy atom. The highest BCUT2D eigenvalue weighted by atomic mass is 79.9. The van der Waals surface area contributed by atoms with Crippen molar-refractivity contribution >= 4 is 26.6 Å². The molecule has 5 heteroatoms. The fraction of sp³-hybridized carbons (Fsp3) is 0.143. The van der Waals surface area contributed by atoms with Crippen LogP contribution in [0.3, 0.4) is 0 Å². The Kier molecular flexibility index (Phi) is 3.19. The van der Waals surface area contributed by atoms with Crippen LogP contribution in [0.25, 0.3) is 6.08 Å². The summed E-state index contributed by atoms with van der Waals surface area (Å²) in [5, 5.41) is 15.7. The van der Waals surface area contributed by atoms with Gasteiger partial charge in [0.15, 0.2) is 0 Å². The standard InChI is InChI=1S/C7H8BrN3O/c8-6(9)1-2-7-10-3-5(4-12)11-7/h1-3,9,12H,4H2,(H,10,11)/b2-1-,9-6?. The van der Waals surface area contributed by atoms with E-state index in [0.717, 1.165) is 0 Å². The molecule has 0 aliphatic carbocycles. The minimum Gasteiger partial charge on any atom is -0.390 e. The van der Waals surface area contributed by atoms with Gasteiger partial charge in [-0.05, 0) is 28.1 Å². The predicted molar refractivity (Wildman–Crippen MR) is 50.2 cm³/mol. The van der Waals surface area contributed by atoms with E-state index in [1.54, 1.807) is 18.3 Å². The van der Waals surface area contributed by atoms with Crippen LogP contribution in [0.2, 0.25) is 0 Å². The van der Waals surface area contributed by atoms with Gasteiger partial charge in [-0.15, -0.1) is 0 Å². The molecule has 0 atom stereocenters. The molecule has 0 amide bonds. The largest absolute Gasteiger partial charge is 0.390 e. The van der Waals surface area contributed by atoms with Gasteiger partial charge in [-0.2, -0.15) is 0 Å². The Balaban J connectivity index is 2.70. The summed E-state index contributed by atoms with van der Waals surface area (Å²) in [5.41, 5.74) is 0.663. The number of halogens is 1. The summed E-state index contributed by atoms with van der Waals surface area (Å²) in [7, 11) is 0. The van der Waals surface area contributed by atoms with E-state index in [4.69, 9.17) is 10.5 Å². The Morgan fingerprint density at radius 1 is 1.83 bits per heavy atom. The lowest BCUT2D eigenvalue weighted by Gasteiger charge is -1.85. The lowest BCUT2D eigenvalue weighted by Crippen LogP contribution is -1.81. The van der Waals surface area contributed by atoms with E-state index in [1.807, 2.05) is 0 Å². The van der Waals surface area contributed by atoms with E-state index in [0.29, 0.717) is 11.5 Å². The number of nitrogens with one attached hydrogen (secondary N) is 2. The highest BCUT2D eigenvalue weighted by molar-refractivity contribution is 9.18. The van der Waals surface area contributed by atoms with Gasteiger partial charge in [0.2, 0.25) is 0 Å². The quantitative estimate of drug-likeness (QED) is 0.684. The zero-order chi connectivity index (χ0) is 8.97. The van der Waals surface area contributed by atoms with Gasteiger partial charge >= 0.3 is 0 Å². The lowest BCUT2D eigenvalue weighted by atomic mass is 10.5. The van der Waals surface area contributed by atoms with Gasteiger partial charge < -0.3 is 10.1 Å². The molecule has 1 heterocycles. The first kappa shape index (κ1) is 9.15. The Hall–Kier alpha value is -0.940. The molecule has 0 spiro atoms. The summed E-state index contributed by atoms with van der Waals surface area (Å²) in [6, 6.07) is 0. The van der Waals surface area contributed by atoms with Gasteiger partial charge in [0, 0.05) is 0 Å². The summed E-state index contributed by atoms with van der Waals surface area (Å²) in [5.74, 6) is 0.628. The number of rotatable bonds is 3. The third kappa shape index (κ3) is 2.60. The lowest BCUT2D eigenvalue weighted by molar-refractivity contribution is 0.277. The number of nitrogens with zero attached hydrogens (tertiary/aromatic N) is 1. The van der Waals surface area contributed by atoms with E-state index in [1.165, 1.54) is 0 Å². The molecule has 1 aromatic rings. The number of hydrogen-bond acceptors (Lipinski definition) is 3. The van der Waals surface area contributed by atoms with Crippen LogP contribution in [0.15, 0.2) is 12.3 Å². The van der Waals surface area contributed by atoms with Gasteiger partial charge in [-0.25, -0.2) is 4.98 Å². The summed E-state index contributed by atoms with van der Waals surface area (Å²) in [6.45, 7) is -0.0490. The zero-order valence-corrected chi connectivity index (χ0v) is 7.80. The molecule has 0 unspecified atom stereocenters. The number of aliphatic hydroxyl groups is 1. The van der Waals surface area contributed by atoms with Gasteiger partial charge in [-0.3, -0.25) is 5.41 Å². The van der Waals surface area contributed by atoms with Crippen molar-refractivity contribution in [3.05, 3.63) is 23.8 Å². The predicted octanol–water partition coefficient (Wildman–Crippen LogP) is 1.29. The molecule has 12 heavy (non-hydrogen) atoms. The summed E-state index contributed by atoms with van der Waals surface area (Å²) in [4.78, 5) is 6.79. The van der Waals surface area contributed by atoms with Crippen LogP contribution in [-0.2, 0) is 6.61 Å². The van der Waals surface area contributed by atoms with E-state index >= 15 is 0 Å². The summed E-state index contributed by atoms with van der Waals surface area (Å²) in [6.07, 6.45) is 4.76. The average molecular weight is 230 g/mol. The number of imidazole rings is 1.